The standard InChI is InChI=1S/C19H22FNO5S/c1-4-21(5-2)27(23,24)15-10-11-17(20)16(12-15)19(22)26-13-14-8-6-7-9-18(14)25-3/h6-12H,4-5,13H2,1-3H3. The van der Waals surface area contributed by atoms with Crippen LogP contribution in [-0.2, 0) is 21.4 Å². The molecule has 0 amide bonds. The van der Waals surface area contributed by atoms with Crippen LogP contribution in [0.3, 0.4) is 0 Å². The maximum Gasteiger partial charge on any atom is 0.341 e. The average Bonchev–Trinajstić information content (AvgIpc) is 2.67. The van der Waals surface area contributed by atoms with Crippen molar-refractivity contribution in [3.63, 3.8) is 0 Å². The molecular weight excluding hydrogens is 373 g/mol. The number of para-hydroxylation sites is 1. The van der Waals surface area contributed by atoms with Crippen LogP contribution >= 0.6 is 0 Å². The lowest BCUT2D eigenvalue weighted by molar-refractivity contribution is 0.0464. The van der Waals surface area contributed by atoms with Gasteiger partial charge in [0.1, 0.15) is 18.2 Å². The summed E-state index contributed by atoms with van der Waals surface area (Å²) in [5, 5.41) is 0. The van der Waals surface area contributed by atoms with Crippen molar-refractivity contribution < 1.29 is 27.1 Å². The maximum absolute atomic E-state index is 14.1. The number of nitrogens with zero attached hydrogens (tertiary/aromatic N) is 1. The van der Waals surface area contributed by atoms with Crippen LogP contribution in [-0.4, -0.2) is 38.9 Å². The molecule has 0 fully saturated rings. The van der Waals surface area contributed by atoms with E-state index < -0.39 is 27.4 Å². The summed E-state index contributed by atoms with van der Waals surface area (Å²) in [5.41, 5.74) is 0.179. The number of methoxy groups -OCH3 is 1. The molecule has 0 N–H and O–H groups in total. The van der Waals surface area contributed by atoms with Gasteiger partial charge in [0.05, 0.1) is 17.6 Å². The number of rotatable bonds is 8. The zero-order chi connectivity index (χ0) is 20.0. The van der Waals surface area contributed by atoms with E-state index in [1.54, 1.807) is 38.1 Å². The van der Waals surface area contributed by atoms with Crippen molar-refractivity contribution >= 4 is 16.0 Å². The van der Waals surface area contributed by atoms with Crippen molar-refractivity contribution in [3.8, 4) is 5.75 Å². The summed E-state index contributed by atoms with van der Waals surface area (Å²) < 4.78 is 50.8. The molecule has 0 radical (unpaired) electrons. The summed E-state index contributed by atoms with van der Waals surface area (Å²) in [6, 6.07) is 10.0. The van der Waals surface area contributed by atoms with Crippen LogP contribution in [0.25, 0.3) is 0 Å². The average molecular weight is 395 g/mol. The lowest BCUT2D eigenvalue weighted by atomic mass is 10.2. The first-order chi connectivity index (χ1) is 12.8. The van der Waals surface area contributed by atoms with Gasteiger partial charge in [-0.2, -0.15) is 4.31 Å². The van der Waals surface area contributed by atoms with Gasteiger partial charge in [0, 0.05) is 18.7 Å². The van der Waals surface area contributed by atoms with E-state index in [0.717, 1.165) is 18.2 Å². The van der Waals surface area contributed by atoms with E-state index in [-0.39, 0.29) is 24.6 Å². The number of carbonyl (C=O) groups excluding carboxylic acids is 1. The van der Waals surface area contributed by atoms with Crippen LogP contribution in [0.4, 0.5) is 4.39 Å². The van der Waals surface area contributed by atoms with Gasteiger partial charge >= 0.3 is 5.97 Å². The van der Waals surface area contributed by atoms with E-state index in [9.17, 15) is 17.6 Å². The Morgan fingerprint density at radius 1 is 1.11 bits per heavy atom. The Morgan fingerprint density at radius 2 is 1.78 bits per heavy atom. The van der Waals surface area contributed by atoms with Crippen molar-refractivity contribution in [1.29, 1.82) is 0 Å². The summed E-state index contributed by atoms with van der Waals surface area (Å²) in [7, 11) is -2.32. The van der Waals surface area contributed by atoms with Crippen LogP contribution in [0.5, 0.6) is 5.75 Å². The number of hydrogen-bond donors (Lipinski definition) is 0. The summed E-state index contributed by atoms with van der Waals surface area (Å²) in [5.74, 6) is -1.27. The first-order valence-corrected chi connectivity index (χ1v) is 9.87. The molecule has 0 spiro atoms. The monoisotopic (exact) mass is 395 g/mol. The normalized spacial score (nSPS) is 11.4. The van der Waals surface area contributed by atoms with E-state index >= 15 is 0 Å². The third-order valence-corrected chi connectivity index (χ3v) is 6.10. The van der Waals surface area contributed by atoms with Gasteiger partial charge in [-0.15, -0.1) is 0 Å². The molecule has 27 heavy (non-hydrogen) atoms. The largest absolute Gasteiger partial charge is 0.496 e. The third kappa shape index (κ3) is 4.64. The summed E-state index contributed by atoms with van der Waals surface area (Å²) in [6.45, 7) is 3.81. The molecule has 2 rings (SSSR count). The summed E-state index contributed by atoms with van der Waals surface area (Å²) in [4.78, 5) is 12.2. The van der Waals surface area contributed by atoms with Crippen molar-refractivity contribution in [2.24, 2.45) is 0 Å². The Morgan fingerprint density at radius 3 is 2.41 bits per heavy atom. The van der Waals surface area contributed by atoms with E-state index in [4.69, 9.17) is 9.47 Å². The van der Waals surface area contributed by atoms with Crippen LogP contribution < -0.4 is 4.74 Å². The molecule has 0 aliphatic rings. The highest BCUT2D eigenvalue weighted by molar-refractivity contribution is 7.89. The Labute approximate surface area is 158 Å². The predicted molar refractivity (Wildman–Crippen MR) is 98.6 cm³/mol. The smallest absolute Gasteiger partial charge is 0.341 e. The van der Waals surface area contributed by atoms with Crippen LogP contribution in [0, 0.1) is 5.82 Å². The zero-order valence-electron chi connectivity index (χ0n) is 15.4. The van der Waals surface area contributed by atoms with E-state index in [1.807, 2.05) is 0 Å². The Kier molecular flexibility index (Phi) is 6.92. The topological polar surface area (TPSA) is 72.9 Å². The van der Waals surface area contributed by atoms with Gasteiger partial charge in [-0.1, -0.05) is 32.0 Å². The molecule has 0 saturated carbocycles. The fourth-order valence-corrected chi connectivity index (χ4v) is 4.06. The SMILES string of the molecule is CCN(CC)S(=O)(=O)c1ccc(F)c(C(=O)OCc2ccccc2OC)c1. The van der Waals surface area contributed by atoms with Gasteiger partial charge in [0.25, 0.3) is 0 Å². The summed E-state index contributed by atoms with van der Waals surface area (Å²) >= 11 is 0. The fraction of sp³-hybridized carbons (Fsp3) is 0.316. The molecule has 2 aromatic carbocycles. The summed E-state index contributed by atoms with van der Waals surface area (Å²) in [6.07, 6.45) is 0. The van der Waals surface area contributed by atoms with Crippen LogP contribution in [0.15, 0.2) is 47.4 Å². The molecule has 0 unspecified atom stereocenters. The maximum atomic E-state index is 14.1. The van der Waals surface area contributed by atoms with Crippen LogP contribution in [0.1, 0.15) is 29.8 Å². The van der Waals surface area contributed by atoms with Crippen molar-refractivity contribution in [3.05, 3.63) is 59.4 Å². The van der Waals surface area contributed by atoms with Crippen molar-refractivity contribution in [1.82, 2.24) is 4.31 Å². The van der Waals surface area contributed by atoms with E-state index in [0.29, 0.717) is 11.3 Å². The molecule has 0 heterocycles. The first kappa shape index (κ1) is 20.9. The van der Waals surface area contributed by atoms with Crippen LogP contribution in [0.2, 0.25) is 0 Å². The number of halogens is 1. The number of carbonyl (C=O) groups is 1. The number of ether oxygens (including phenoxy) is 2. The minimum Gasteiger partial charge on any atom is -0.496 e. The lowest BCUT2D eigenvalue weighted by Crippen LogP contribution is -2.30. The van der Waals surface area contributed by atoms with Gasteiger partial charge in [0.15, 0.2) is 0 Å². The van der Waals surface area contributed by atoms with E-state index in [1.165, 1.54) is 11.4 Å². The zero-order valence-corrected chi connectivity index (χ0v) is 16.3. The number of hydrogen-bond acceptors (Lipinski definition) is 5. The van der Waals surface area contributed by atoms with Crippen molar-refractivity contribution in [2.45, 2.75) is 25.3 Å². The molecular formula is C19H22FNO5S. The molecule has 2 aromatic rings. The molecule has 0 bridgehead atoms. The highest BCUT2D eigenvalue weighted by Crippen LogP contribution is 2.22. The van der Waals surface area contributed by atoms with Gasteiger partial charge in [-0.3, -0.25) is 0 Å². The third-order valence-electron chi connectivity index (χ3n) is 4.05. The Bertz CT molecular complexity index is 910. The molecule has 0 aromatic heterocycles. The first-order valence-electron chi connectivity index (χ1n) is 8.43. The molecule has 8 heteroatoms. The van der Waals surface area contributed by atoms with Gasteiger partial charge < -0.3 is 9.47 Å². The second-order valence-electron chi connectivity index (χ2n) is 5.62. The van der Waals surface area contributed by atoms with E-state index in [2.05, 4.69) is 0 Å². The number of benzene rings is 2. The quantitative estimate of drug-likeness (QED) is 0.642. The minimum atomic E-state index is -3.81. The molecule has 0 aliphatic carbocycles. The molecule has 0 atom stereocenters. The van der Waals surface area contributed by atoms with Gasteiger partial charge in [0.2, 0.25) is 10.0 Å². The lowest BCUT2D eigenvalue weighted by Gasteiger charge is -2.18. The highest BCUT2D eigenvalue weighted by atomic mass is 32.2. The van der Waals surface area contributed by atoms with Crippen molar-refractivity contribution in [2.75, 3.05) is 20.2 Å². The number of esters is 1. The Balaban J connectivity index is 2.26. The number of sulfonamides is 1. The predicted octanol–water partition coefficient (Wildman–Crippen LogP) is 3.22. The molecule has 0 saturated heterocycles. The fourth-order valence-electron chi connectivity index (χ4n) is 2.58. The molecule has 146 valence electrons. The van der Waals surface area contributed by atoms with Gasteiger partial charge in [-0.25, -0.2) is 17.6 Å². The van der Waals surface area contributed by atoms with Gasteiger partial charge in [-0.05, 0) is 24.3 Å². The Hall–Kier alpha value is -2.45. The highest BCUT2D eigenvalue weighted by Gasteiger charge is 2.24. The molecule has 6 nitrogen and oxygen atoms in total. The minimum absolute atomic E-state index is 0.130. The molecule has 0 aliphatic heterocycles. The second kappa shape index (κ2) is 8.96. The second-order valence-corrected chi connectivity index (χ2v) is 7.56.